The van der Waals surface area contributed by atoms with Crippen molar-refractivity contribution < 1.29 is 19.8 Å². The normalized spacial score (nSPS) is 15.4. The van der Waals surface area contributed by atoms with Crippen molar-refractivity contribution in [3.05, 3.63) is 35.9 Å². The zero-order valence-corrected chi connectivity index (χ0v) is 11.7. The van der Waals surface area contributed by atoms with Crippen LogP contribution >= 0.6 is 0 Å². The molecule has 0 atom stereocenters. The maximum atomic E-state index is 12.2. The number of carbonyl (C=O) groups excluding carboxylic acids is 1. The first-order chi connectivity index (χ1) is 10.1. The molecule has 0 aromatic heterocycles. The van der Waals surface area contributed by atoms with Gasteiger partial charge in [-0.2, -0.15) is 0 Å². The molecule has 0 saturated heterocycles. The number of rotatable bonds is 5. The summed E-state index contributed by atoms with van der Waals surface area (Å²) in [4.78, 5) is 24.6. The number of phenols is 1. The minimum Gasteiger partial charge on any atom is -0.508 e. The van der Waals surface area contributed by atoms with Gasteiger partial charge in [0.25, 0.3) is 0 Å². The fourth-order valence-electron chi connectivity index (χ4n) is 2.60. The summed E-state index contributed by atoms with van der Waals surface area (Å²) in [7, 11) is 0. The number of hydrogen-bond acceptors (Lipinski definition) is 3. The molecule has 0 heterocycles. The Bertz CT molecular complexity index is 530. The maximum absolute atomic E-state index is 12.2. The largest absolute Gasteiger partial charge is 0.508 e. The first kappa shape index (κ1) is 15.1. The van der Waals surface area contributed by atoms with Crippen LogP contribution in [-0.2, 0) is 9.59 Å². The Kier molecular flexibility index (Phi) is 4.98. The molecule has 5 nitrogen and oxygen atoms in total. The Morgan fingerprint density at radius 3 is 2.38 bits per heavy atom. The third-order valence-corrected chi connectivity index (χ3v) is 3.67. The molecule has 0 bridgehead atoms. The second kappa shape index (κ2) is 6.92. The van der Waals surface area contributed by atoms with Crippen LogP contribution in [0, 0.1) is 0 Å². The second-order valence-corrected chi connectivity index (χ2v) is 5.22. The van der Waals surface area contributed by atoms with Crippen molar-refractivity contribution in [1.82, 2.24) is 4.90 Å². The van der Waals surface area contributed by atoms with Crippen LogP contribution in [-0.4, -0.2) is 39.6 Å². The standard InChI is InChI=1S/C16H19NO4/c18-14-8-5-12(6-9-14)7-10-15(19)17(11-16(20)21)13-3-1-2-4-13/h5-10,13,18H,1-4,11H2,(H,20,21)/b10-7+. The van der Waals surface area contributed by atoms with E-state index in [0.29, 0.717) is 0 Å². The number of aromatic hydroxyl groups is 1. The molecule has 1 saturated carbocycles. The molecule has 0 unspecified atom stereocenters. The molecule has 21 heavy (non-hydrogen) atoms. The van der Waals surface area contributed by atoms with Crippen molar-refractivity contribution in [2.75, 3.05) is 6.54 Å². The SMILES string of the molecule is O=C(O)CN(C(=O)/C=C/c1ccc(O)cc1)C1CCCC1. The first-order valence-corrected chi connectivity index (χ1v) is 7.06. The van der Waals surface area contributed by atoms with Gasteiger partial charge in [0.05, 0.1) is 0 Å². The summed E-state index contributed by atoms with van der Waals surface area (Å²) in [6, 6.07) is 6.48. The van der Waals surface area contributed by atoms with E-state index in [1.807, 2.05) is 0 Å². The minimum absolute atomic E-state index is 0.0260. The summed E-state index contributed by atoms with van der Waals surface area (Å²) in [6.45, 7) is -0.260. The number of benzene rings is 1. The number of aliphatic carboxylic acids is 1. The van der Waals surface area contributed by atoms with Crippen molar-refractivity contribution in [1.29, 1.82) is 0 Å². The number of phenolic OH excluding ortho intramolecular Hbond substituents is 1. The third-order valence-electron chi connectivity index (χ3n) is 3.67. The van der Waals surface area contributed by atoms with Crippen LogP contribution in [0.3, 0.4) is 0 Å². The molecule has 2 N–H and O–H groups in total. The average molecular weight is 289 g/mol. The smallest absolute Gasteiger partial charge is 0.323 e. The van der Waals surface area contributed by atoms with Gasteiger partial charge in [-0.05, 0) is 36.6 Å². The fraction of sp³-hybridized carbons (Fsp3) is 0.375. The van der Waals surface area contributed by atoms with Gasteiger partial charge in [-0.25, -0.2) is 0 Å². The van der Waals surface area contributed by atoms with Gasteiger partial charge >= 0.3 is 5.97 Å². The van der Waals surface area contributed by atoms with Crippen molar-refractivity contribution in [2.45, 2.75) is 31.7 Å². The van der Waals surface area contributed by atoms with Gasteiger partial charge in [0.2, 0.25) is 5.91 Å². The fourth-order valence-corrected chi connectivity index (χ4v) is 2.60. The number of carboxylic acids is 1. The van der Waals surface area contributed by atoms with Gasteiger partial charge in [0.15, 0.2) is 0 Å². The number of carbonyl (C=O) groups is 2. The highest BCUT2D eigenvalue weighted by molar-refractivity contribution is 5.93. The van der Waals surface area contributed by atoms with Gasteiger partial charge in [-0.1, -0.05) is 25.0 Å². The Labute approximate surface area is 123 Å². The molecule has 1 aromatic rings. The highest BCUT2D eigenvalue weighted by atomic mass is 16.4. The number of nitrogens with zero attached hydrogens (tertiary/aromatic N) is 1. The molecule has 1 aromatic carbocycles. The van der Waals surface area contributed by atoms with E-state index in [1.165, 1.54) is 23.1 Å². The van der Waals surface area contributed by atoms with Gasteiger partial charge in [-0.3, -0.25) is 9.59 Å². The van der Waals surface area contributed by atoms with Crippen LogP contribution in [0.1, 0.15) is 31.2 Å². The minimum atomic E-state index is -0.992. The van der Waals surface area contributed by atoms with E-state index in [4.69, 9.17) is 5.11 Å². The second-order valence-electron chi connectivity index (χ2n) is 5.22. The zero-order chi connectivity index (χ0) is 15.2. The lowest BCUT2D eigenvalue weighted by atomic mass is 10.1. The highest BCUT2D eigenvalue weighted by Crippen LogP contribution is 2.23. The Morgan fingerprint density at radius 2 is 1.81 bits per heavy atom. The summed E-state index contributed by atoms with van der Waals surface area (Å²) < 4.78 is 0. The molecule has 112 valence electrons. The summed E-state index contributed by atoms with van der Waals surface area (Å²) in [6.07, 6.45) is 6.84. The summed E-state index contributed by atoms with van der Waals surface area (Å²) >= 11 is 0. The van der Waals surface area contributed by atoms with Gasteiger partial charge < -0.3 is 15.1 Å². The van der Waals surface area contributed by atoms with E-state index in [9.17, 15) is 14.7 Å². The van der Waals surface area contributed by atoms with Crippen molar-refractivity contribution in [2.24, 2.45) is 0 Å². The maximum Gasteiger partial charge on any atom is 0.323 e. The molecule has 1 fully saturated rings. The monoisotopic (exact) mass is 289 g/mol. The Balaban J connectivity index is 2.06. The molecule has 2 rings (SSSR count). The summed E-state index contributed by atoms with van der Waals surface area (Å²) in [5.41, 5.74) is 0.780. The van der Waals surface area contributed by atoms with Crippen molar-refractivity contribution in [3.63, 3.8) is 0 Å². The first-order valence-electron chi connectivity index (χ1n) is 7.06. The molecule has 0 spiro atoms. The van der Waals surface area contributed by atoms with Gasteiger partial charge in [-0.15, -0.1) is 0 Å². The molecule has 5 heteroatoms. The van der Waals surface area contributed by atoms with Crippen molar-refractivity contribution in [3.8, 4) is 5.75 Å². The van der Waals surface area contributed by atoms with Crippen LogP contribution in [0.15, 0.2) is 30.3 Å². The molecule has 1 aliphatic rings. The van der Waals surface area contributed by atoms with Crippen LogP contribution in [0.4, 0.5) is 0 Å². The highest BCUT2D eigenvalue weighted by Gasteiger charge is 2.26. The predicted octanol–water partition coefficient (Wildman–Crippen LogP) is 2.26. The molecular weight excluding hydrogens is 270 g/mol. The lowest BCUT2D eigenvalue weighted by molar-refractivity contribution is -0.144. The average Bonchev–Trinajstić information content (AvgIpc) is 2.97. The number of hydrogen-bond donors (Lipinski definition) is 2. The van der Waals surface area contributed by atoms with Gasteiger partial charge in [0.1, 0.15) is 12.3 Å². The lowest BCUT2D eigenvalue weighted by Crippen LogP contribution is -2.41. The topological polar surface area (TPSA) is 77.8 Å². The van der Waals surface area contributed by atoms with Crippen molar-refractivity contribution >= 4 is 18.0 Å². The van der Waals surface area contributed by atoms with Crippen LogP contribution in [0.5, 0.6) is 5.75 Å². The molecule has 0 radical (unpaired) electrons. The van der Waals surface area contributed by atoms with E-state index in [2.05, 4.69) is 0 Å². The zero-order valence-electron chi connectivity index (χ0n) is 11.7. The van der Waals surface area contributed by atoms with Crippen LogP contribution in [0.2, 0.25) is 0 Å². The Morgan fingerprint density at radius 1 is 1.19 bits per heavy atom. The van der Waals surface area contributed by atoms with E-state index >= 15 is 0 Å². The molecule has 1 amide bonds. The molecule has 0 aliphatic heterocycles. The summed E-state index contributed by atoms with van der Waals surface area (Å²) in [5.74, 6) is -1.11. The van der Waals surface area contributed by atoms with E-state index < -0.39 is 5.97 Å². The molecule has 1 aliphatic carbocycles. The van der Waals surface area contributed by atoms with Crippen LogP contribution in [0.25, 0.3) is 6.08 Å². The quantitative estimate of drug-likeness (QED) is 0.815. The molecular formula is C16H19NO4. The van der Waals surface area contributed by atoms with E-state index in [-0.39, 0.29) is 24.2 Å². The predicted molar refractivity (Wildman–Crippen MR) is 78.7 cm³/mol. The van der Waals surface area contributed by atoms with E-state index in [1.54, 1.807) is 18.2 Å². The third kappa shape index (κ3) is 4.34. The lowest BCUT2D eigenvalue weighted by Gasteiger charge is -2.26. The van der Waals surface area contributed by atoms with Crippen LogP contribution < -0.4 is 0 Å². The van der Waals surface area contributed by atoms with Gasteiger partial charge in [0, 0.05) is 12.1 Å². The Hall–Kier alpha value is -2.30. The number of carboxylic acid groups (broad SMARTS) is 1. The number of amides is 1. The summed E-state index contributed by atoms with van der Waals surface area (Å²) in [5, 5.41) is 18.2. The van der Waals surface area contributed by atoms with E-state index in [0.717, 1.165) is 31.2 Å².